The summed E-state index contributed by atoms with van der Waals surface area (Å²) in [5.74, 6) is 1.01. The Bertz CT molecular complexity index is 585. The number of ether oxygens (including phenoxy) is 1. The Hall–Kier alpha value is -1.77. The predicted octanol–water partition coefficient (Wildman–Crippen LogP) is 4.48. The van der Waals surface area contributed by atoms with Gasteiger partial charge in [-0.05, 0) is 63.9 Å². The van der Waals surface area contributed by atoms with Crippen LogP contribution in [-0.4, -0.2) is 17.7 Å². The summed E-state index contributed by atoms with van der Waals surface area (Å²) in [4.78, 5) is 12.1. The Balaban J connectivity index is 1.63. The van der Waals surface area contributed by atoms with E-state index in [9.17, 15) is 4.79 Å². The van der Waals surface area contributed by atoms with Gasteiger partial charge < -0.3 is 10.1 Å². The van der Waals surface area contributed by atoms with Gasteiger partial charge >= 0.3 is 6.09 Å². The highest BCUT2D eigenvalue weighted by Gasteiger charge is 2.40. The van der Waals surface area contributed by atoms with Crippen LogP contribution in [0.1, 0.15) is 45.6 Å². The molecule has 3 unspecified atom stereocenters. The van der Waals surface area contributed by atoms with E-state index in [2.05, 4.69) is 41.7 Å². The molecule has 1 aromatic carbocycles. The smallest absolute Gasteiger partial charge is 0.407 e. The van der Waals surface area contributed by atoms with E-state index in [-0.39, 0.29) is 12.1 Å². The van der Waals surface area contributed by atoms with Crippen molar-refractivity contribution in [3.05, 3.63) is 47.5 Å². The fourth-order valence-electron chi connectivity index (χ4n) is 3.90. The van der Waals surface area contributed by atoms with E-state index >= 15 is 0 Å². The number of nitrogens with one attached hydrogen (secondary N) is 1. The molecule has 0 heterocycles. The SMILES string of the molecule is CC(C)(C)OC(=O)NC1C2C=C(Cc3ccccc3)CC1CC2. The first-order chi connectivity index (χ1) is 10.9. The summed E-state index contributed by atoms with van der Waals surface area (Å²) in [6.07, 6.45) is 6.61. The third kappa shape index (κ3) is 4.15. The molecule has 3 nitrogen and oxygen atoms in total. The zero-order valence-corrected chi connectivity index (χ0v) is 14.3. The van der Waals surface area contributed by atoms with Gasteiger partial charge in [0, 0.05) is 6.04 Å². The van der Waals surface area contributed by atoms with Crippen molar-refractivity contribution < 1.29 is 9.53 Å². The molecule has 2 aliphatic carbocycles. The van der Waals surface area contributed by atoms with Crippen molar-refractivity contribution in [1.82, 2.24) is 5.32 Å². The molecule has 1 saturated carbocycles. The Morgan fingerprint density at radius 3 is 2.61 bits per heavy atom. The average Bonchev–Trinajstić information content (AvgIpc) is 2.69. The van der Waals surface area contributed by atoms with Crippen LogP contribution in [0.25, 0.3) is 0 Å². The summed E-state index contributed by atoms with van der Waals surface area (Å²) in [6.45, 7) is 5.71. The monoisotopic (exact) mass is 313 g/mol. The van der Waals surface area contributed by atoms with Crippen molar-refractivity contribution >= 4 is 6.09 Å². The van der Waals surface area contributed by atoms with Gasteiger partial charge in [0.25, 0.3) is 0 Å². The lowest BCUT2D eigenvalue weighted by Gasteiger charge is -2.31. The van der Waals surface area contributed by atoms with Gasteiger partial charge in [-0.1, -0.05) is 42.0 Å². The predicted molar refractivity (Wildman–Crippen MR) is 92.2 cm³/mol. The number of rotatable bonds is 3. The molecule has 2 bridgehead atoms. The van der Waals surface area contributed by atoms with Crippen LogP contribution < -0.4 is 5.32 Å². The zero-order chi connectivity index (χ0) is 16.4. The van der Waals surface area contributed by atoms with Crippen LogP contribution in [0.3, 0.4) is 0 Å². The number of hydrogen-bond acceptors (Lipinski definition) is 2. The standard InChI is InChI=1S/C20H27NO2/c1-20(2,3)23-19(22)21-18-16-9-10-17(18)13-15(12-16)11-14-7-5-4-6-8-14/h4-8,12,16-18H,9-11,13H2,1-3H3,(H,21,22). The van der Waals surface area contributed by atoms with Crippen LogP contribution in [0.2, 0.25) is 0 Å². The second kappa shape index (κ2) is 6.38. The molecule has 1 aromatic rings. The molecule has 3 rings (SSSR count). The molecule has 3 atom stereocenters. The van der Waals surface area contributed by atoms with Crippen molar-refractivity contribution in [2.24, 2.45) is 11.8 Å². The summed E-state index contributed by atoms with van der Waals surface area (Å²) in [7, 11) is 0. The molecule has 23 heavy (non-hydrogen) atoms. The molecule has 1 amide bonds. The first kappa shape index (κ1) is 16.1. The van der Waals surface area contributed by atoms with E-state index in [1.165, 1.54) is 24.0 Å². The van der Waals surface area contributed by atoms with Crippen molar-refractivity contribution in [2.75, 3.05) is 0 Å². The molecule has 0 saturated heterocycles. The van der Waals surface area contributed by atoms with Crippen molar-refractivity contribution in [1.29, 1.82) is 0 Å². The van der Waals surface area contributed by atoms with E-state index in [0.29, 0.717) is 11.8 Å². The third-order valence-electron chi connectivity index (χ3n) is 4.77. The molecule has 1 fully saturated rings. The van der Waals surface area contributed by atoms with E-state index in [0.717, 1.165) is 12.8 Å². The summed E-state index contributed by atoms with van der Waals surface area (Å²) in [5, 5.41) is 3.12. The van der Waals surface area contributed by atoms with Crippen molar-refractivity contribution in [2.45, 2.75) is 58.1 Å². The summed E-state index contributed by atoms with van der Waals surface area (Å²) in [6, 6.07) is 10.9. The number of allylic oxidation sites excluding steroid dienone is 1. The number of carbonyl (C=O) groups is 1. The Labute approximate surface area is 139 Å². The second-order valence-electron chi connectivity index (χ2n) is 7.86. The van der Waals surface area contributed by atoms with Gasteiger partial charge in [-0.2, -0.15) is 0 Å². The van der Waals surface area contributed by atoms with Gasteiger partial charge in [-0.15, -0.1) is 0 Å². The maximum absolute atomic E-state index is 12.1. The van der Waals surface area contributed by atoms with Gasteiger partial charge in [0.15, 0.2) is 0 Å². The highest BCUT2D eigenvalue weighted by molar-refractivity contribution is 5.68. The maximum atomic E-state index is 12.1. The highest BCUT2D eigenvalue weighted by atomic mass is 16.6. The molecule has 0 spiro atoms. The summed E-state index contributed by atoms with van der Waals surface area (Å²) < 4.78 is 5.42. The molecule has 0 radical (unpaired) electrons. The van der Waals surface area contributed by atoms with E-state index in [1.54, 1.807) is 0 Å². The van der Waals surface area contributed by atoms with E-state index < -0.39 is 5.60 Å². The Morgan fingerprint density at radius 2 is 1.96 bits per heavy atom. The van der Waals surface area contributed by atoms with Crippen molar-refractivity contribution in [3.63, 3.8) is 0 Å². The Kier molecular flexibility index (Phi) is 4.47. The second-order valence-corrected chi connectivity index (χ2v) is 7.86. The normalized spacial score (nSPS) is 26.6. The molecular weight excluding hydrogens is 286 g/mol. The molecule has 0 aliphatic heterocycles. The van der Waals surface area contributed by atoms with Crippen LogP contribution in [0, 0.1) is 11.8 Å². The van der Waals surface area contributed by atoms with Gasteiger partial charge in [0.05, 0.1) is 0 Å². The largest absolute Gasteiger partial charge is 0.444 e. The van der Waals surface area contributed by atoms with Crippen LogP contribution in [0.15, 0.2) is 42.0 Å². The van der Waals surface area contributed by atoms with Crippen LogP contribution in [0.5, 0.6) is 0 Å². The Morgan fingerprint density at radius 1 is 1.22 bits per heavy atom. The first-order valence-electron chi connectivity index (χ1n) is 8.64. The van der Waals surface area contributed by atoms with Gasteiger partial charge in [-0.25, -0.2) is 4.79 Å². The molecule has 3 heteroatoms. The van der Waals surface area contributed by atoms with Crippen LogP contribution in [-0.2, 0) is 11.2 Å². The number of benzene rings is 1. The van der Waals surface area contributed by atoms with Gasteiger partial charge in [0.1, 0.15) is 5.60 Å². The summed E-state index contributed by atoms with van der Waals surface area (Å²) in [5.41, 5.74) is 2.45. The average molecular weight is 313 g/mol. The lowest BCUT2D eigenvalue weighted by molar-refractivity contribution is 0.0481. The zero-order valence-electron chi connectivity index (χ0n) is 14.3. The van der Waals surface area contributed by atoms with Crippen LogP contribution in [0.4, 0.5) is 4.79 Å². The quantitative estimate of drug-likeness (QED) is 0.836. The molecule has 2 aliphatic rings. The minimum atomic E-state index is -0.438. The molecule has 0 aromatic heterocycles. The molecule has 124 valence electrons. The van der Waals surface area contributed by atoms with E-state index in [1.807, 2.05) is 20.8 Å². The fraction of sp³-hybridized carbons (Fsp3) is 0.550. The van der Waals surface area contributed by atoms with Gasteiger partial charge in [-0.3, -0.25) is 0 Å². The van der Waals surface area contributed by atoms with Crippen molar-refractivity contribution in [3.8, 4) is 0 Å². The minimum Gasteiger partial charge on any atom is -0.444 e. The summed E-state index contributed by atoms with van der Waals surface area (Å²) >= 11 is 0. The number of amides is 1. The topological polar surface area (TPSA) is 38.3 Å². The third-order valence-corrected chi connectivity index (χ3v) is 4.77. The van der Waals surface area contributed by atoms with Crippen LogP contribution >= 0.6 is 0 Å². The maximum Gasteiger partial charge on any atom is 0.407 e. The minimum absolute atomic E-state index is 0.240. The molecule has 1 N–H and O–H groups in total. The van der Waals surface area contributed by atoms with E-state index in [4.69, 9.17) is 4.74 Å². The van der Waals surface area contributed by atoms with Gasteiger partial charge in [0.2, 0.25) is 0 Å². The fourth-order valence-corrected chi connectivity index (χ4v) is 3.90. The number of carbonyl (C=O) groups excluding carboxylic acids is 1. The lowest BCUT2D eigenvalue weighted by Crippen LogP contribution is -2.45. The first-order valence-corrected chi connectivity index (χ1v) is 8.64. The number of alkyl carbamates (subject to hydrolysis) is 1. The number of fused-ring (bicyclic) bond motifs is 2. The molecular formula is C20H27NO2. The lowest BCUT2D eigenvalue weighted by atomic mass is 9.83. The number of hydrogen-bond donors (Lipinski definition) is 1. The highest BCUT2D eigenvalue weighted by Crippen LogP contribution is 2.42.